The van der Waals surface area contributed by atoms with Crippen LogP contribution < -0.4 is 0 Å². The minimum atomic E-state index is -2.98. The molecule has 140 valence electrons. The third kappa shape index (κ3) is 3.78. The lowest BCUT2D eigenvalue weighted by molar-refractivity contribution is 0.0784. The molecule has 1 fully saturated rings. The van der Waals surface area contributed by atoms with Crippen molar-refractivity contribution >= 4 is 27.3 Å². The van der Waals surface area contributed by atoms with Gasteiger partial charge in [0.15, 0.2) is 9.84 Å². The molecule has 26 heavy (non-hydrogen) atoms. The van der Waals surface area contributed by atoms with Gasteiger partial charge in [-0.25, -0.2) is 8.42 Å². The smallest absolute Gasteiger partial charge is 0.253 e. The molecule has 1 amide bonds. The van der Waals surface area contributed by atoms with Gasteiger partial charge in [0.1, 0.15) is 0 Å². The number of sulfone groups is 1. The summed E-state index contributed by atoms with van der Waals surface area (Å²) >= 11 is 5.87. The van der Waals surface area contributed by atoms with Crippen LogP contribution in [0.25, 0.3) is 0 Å². The number of aromatic nitrogens is 2. The quantitative estimate of drug-likeness (QED) is 0.797. The van der Waals surface area contributed by atoms with Crippen LogP contribution in [-0.2, 0) is 16.4 Å². The van der Waals surface area contributed by atoms with E-state index in [1.54, 1.807) is 36.2 Å². The van der Waals surface area contributed by atoms with Crippen molar-refractivity contribution in [3.8, 4) is 0 Å². The van der Waals surface area contributed by atoms with Crippen LogP contribution in [0.5, 0.6) is 0 Å². The van der Waals surface area contributed by atoms with Crippen molar-refractivity contribution in [2.24, 2.45) is 0 Å². The summed E-state index contributed by atoms with van der Waals surface area (Å²) in [4.78, 5) is 14.2. The summed E-state index contributed by atoms with van der Waals surface area (Å²) in [6.07, 6.45) is 0.587. The molecule has 0 bridgehead atoms. The van der Waals surface area contributed by atoms with Crippen LogP contribution in [0, 0.1) is 13.8 Å². The average Bonchev–Trinajstić information content (AvgIpc) is 3.08. The Morgan fingerprint density at radius 2 is 1.96 bits per heavy atom. The molecular formula is C18H22ClN3O3S. The Labute approximate surface area is 158 Å². The maximum Gasteiger partial charge on any atom is 0.253 e. The molecule has 1 saturated heterocycles. The Morgan fingerprint density at radius 3 is 2.54 bits per heavy atom. The minimum Gasteiger partial charge on any atom is -0.337 e. The van der Waals surface area contributed by atoms with Gasteiger partial charge in [0.05, 0.1) is 23.2 Å². The second-order valence-electron chi connectivity index (χ2n) is 6.82. The van der Waals surface area contributed by atoms with Gasteiger partial charge in [0.2, 0.25) is 0 Å². The molecule has 0 spiro atoms. The molecule has 6 nitrogen and oxygen atoms in total. The van der Waals surface area contributed by atoms with Crippen LogP contribution in [0.3, 0.4) is 0 Å². The Morgan fingerprint density at radius 1 is 1.31 bits per heavy atom. The van der Waals surface area contributed by atoms with Crippen LogP contribution in [0.15, 0.2) is 24.3 Å². The fraction of sp³-hybridized carbons (Fsp3) is 0.444. The highest BCUT2D eigenvalue weighted by atomic mass is 35.5. The number of nitrogens with zero attached hydrogens (tertiary/aromatic N) is 3. The number of carbonyl (C=O) groups excluding carboxylic acids is 1. The van der Waals surface area contributed by atoms with E-state index in [-0.39, 0.29) is 23.5 Å². The second kappa shape index (κ2) is 7.04. The fourth-order valence-corrected chi connectivity index (χ4v) is 5.19. The van der Waals surface area contributed by atoms with Crippen molar-refractivity contribution in [1.29, 1.82) is 0 Å². The molecule has 0 saturated carbocycles. The second-order valence-corrected chi connectivity index (χ2v) is 9.48. The number of benzene rings is 1. The first-order valence-electron chi connectivity index (χ1n) is 8.44. The maximum absolute atomic E-state index is 12.6. The van der Waals surface area contributed by atoms with E-state index < -0.39 is 9.84 Å². The van der Waals surface area contributed by atoms with Crippen molar-refractivity contribution in [1.82, 2.24) is 14.7 Å². The minimum absolute atomic E-state index is 0.100. The van der Waals surface area contributed by atoms with Crippen molar-refractivity contribution < 1.29 is 13.2 Å². The fourth-order valence-electron chi connectivity index (χ4n) is 3.37. The van der Waals surface area contributed by atoms with E-state index in [9.17, 15) is 13.2 Å². The van der Waals surface area contributed by atoms with E-state index in [4.69, 9.17) is 11.6 Å². The van der Waals surface area contributed by atoms with Crippen LogP contribution in [0.2, 0.25) is 5.02 Å². The summed E-state index contributed by atoms with van der Waals surface area (Å²) in [5.74, 6) is 0.241. The highest BCUT2D eigenvalue weighted by molar-refractivity contribution is 7.91. The molecular weight excluding hydrogens is 374 g/mol. The molecule has 1 aliphatic heterocycles. The van der Waals surface area contributed by atoms with Gasteiger partial charge in [-0.15, -0.1) is 0 Å². The predicted octanol–water partition coefficient (Wildman–Crippen LogP) is 2.79. The number of hydrogen-bond donors (Lipinski definition) is 0. The summed E-state index contributed by atoms with van der Waals surface area (Å²) in [5, 5.41) is 5.14. The number of hydrogen-bond acceptors (Lipinski definition) is 4. The highest BCUT2D eigenvalue weighted by Gasteiger charge is 2.31. The molecule has 0 aliphatic carbocycles. The van der Waals surface area contributed by atoms with E-state index in [2.05, 4.69) is 5.10 Å². The van der Waals surface area contributed by atoms with E-state index in [0.29, 0.717) is 23.6 Å². The molecule has 1 atom stereocenters. The first-order chi connectivity index (χ1) is 12.2. The third-order valence-electron chi connectivity index (χ3n) is 4.86. The molecule has 0 unspecified atom stereocenters. The summed E-state index contributed by atoms with van der Waals surface area (Å²) < 4.78 is 25.3. The monoisotopic (exact) mass is 395 g/mol. The molecule has 1 aromatic heterocycles. The van der Waals surface area contributed by atoms with Crippen LogP contribution in [0.1, 0.15) is 39.8 Å². The molecule has 8 heteroatoms. The van der Waals surface area contributed by atoms with E-state index in [1.807, 2.05) is 18.5 Å². The highest BCUT2D eigenvalue weighted by Crippen LogP contribution is 2.27. The number of carbonyl (C=O) groups is 1. The van der Waals surface area contributed by atoms with Crippen LogP contribution in [-0.4, -0.2) is 47.6 Å². The Bertz CT molecular complexity index is 935. The summed E-state index contributed by atoms with van der Waals surface area (Å²) in [6.45, 7) is 4.24. The zero-order valence-electron chi connectivity index (χ0n) is 15.1. The molecule has 2 heterocycles. The Balaban J connectivity index is 1.79. The van der Waals surface area contributed by atoms with E-state index >= 15 is 0 Å². The first-order valence-corrected chi connectivity index (χ1v) is 10.6. The number of amides is 1. The van der Waals surface area contributed by atoms with Gasteiger partial charge in [0.25, 0.3) is 5.91 Å². The lowest BCUT2D eigenvalue weighted by atomic mass is 10.1. The third-order valence-corrected chi connectivity index (χ3v) is 6.86. The average molecular weight is 396 g/mol. The zero-order chi connectivity index (χ0) is 19.1. The SMILES string of the molecule is Cc1nn([C@@H]2CCS(=O)(=O)C2)c(C)c1CN(C)C(=O)c1ccc(Cl)cc1. The molecule has 0 radical (unpaired) electrons. The van der Waals surface area contributed by atoms with E-state index in [0.717, 1.165) is 17.0 Å². The standard InChI is InChI=1S/C18H22ClN3O3S/c1-12-17(10-21(3)18(23)14-4-6-15(19)7-5-14)13(2)22(20-12)16-8-9-26(24,25)11-16/h4-7,16H,8-11H2,1-3H3/t16-/m1/s1. The van der Waals surface area contributed by atoms with Gasteiger partial charge in [-0.2, -0.15) is 5.10 Å². The maximum atomic E-state index is 12.6. The van der Waals surface area contributed by atoms with Gasteiger partial charge >= 0.3 is 0 Å². The van der Waals surface area contributed by atoms with Gasteiger partial charge in [0, 0.05) is 35.4 Å². The predicted molar refractivity (Wildman–Crippen MR) is 101 cm³/mol. The van der Waals surface area contributed by atoms with Crippen LogP contribution in [0.4, 0.5) is 0 Å². The number of aryl methyl sites for hydroxylation is 1. The lowest BCUT2D eigenvalue weighted by Crippen LogP contribution is -2.26. The van der Waals surface area contributed by atoms with Crippen molar-refractivity contribution in [2.45, 2.75) is 32.9 Å². The van der Waals surface area contributed by atoms with Crippen LogP contribution >= 0.6 is 11.6 Å². The normalized spacial score (nSPS) is 18.8. The summed E-state index contributed by atoms with van der Waals surface area (Å²) in [7, 11) is -1.23. The van der Waals surface area contributed by atoms with Gasteiger partial charge in [-0.3, -0.25) is 9.48 Å². The summed E-state index contributed by atoms with van der Waals surface area (Å²) in [5.41, 5.74) is 3.27. The van der Waals surface area contributed by atoms with E-state index in [1.165, 1.54) is 0 Å². The van der Waals surface area contributed by atoms with Gasteiger partial charge in [-0.05, 0) is 44.5 Å². The molecule has 2 aromatic rings. The number of halogens is 1. The Kier molecular flexibility index (Phi) is 5.12. The molecule has 1 aliphatic rings. The molecule has 0 N–H and O–H groups in total. The lowest BCUT2D eigenvalue weighted by Gasteiger charge is -2.18. The van der Waals surface area contributed by atoms with Crippen molar-refractivity contribution in [3.05, 3.63) is 51.8 Å². The topological polar surface area (TPSA) is 72.3 Å². The first kappa shape index (κ1) is 18.9. The van der Waals surface area contributed by atoms with Crippen molar-refractivity contribution in [3.63, 3.8) is 0 Å². The largest absolute Gasteiger partial charge is 0.337 e. The van der Waals surface area contributed by atoms with Crippen molar-refractivity contribution in [2.75, 3.05) is 18.6 Å². The van der Waals surface area contributed by atoms with Gasteiger partial charge < -0.3 is 4.90 Å². The zero-order valence-corrected chi connectivity index (χ0v) is 16.6. The van der Waals surface area contributed by atoms with Gasteiger partial charge in [-0.1, -0.05) is 11.6 Å². The molecule has 1 aromatic carbocycles. The molecule has 3 rings (SSSR count). The summed E-state index contributed by atoms with van der Waals surface area (Å²) in [6, 6.07) is 6.67. The Hall–Kier alpha value is -1.86. The number of rotatable bonds is 4.